The van der Waals surface area contributed by atoms with Gasteiger partial charge in [0, 0.05) is 28.8 Å². The molecular formula is C23H22N4O2. The van der Waals surface area contributed by atoms with Crippen LogP contribution in [0.1, 0.15) is 36.4 Å². The molecule has 1 atom stereocenters. The van der Waals surface area contributed by atoms with Crippen molar-refractivity contribution in [2.75, 3.05) is 12.4 Å². The van der Waals surface area contributed by atoms with Gasteiger partial charge in [0.05, 0.1) is 7.11 Å². The number of allylic oxidation sites excluding steroid dienone is 2. The lowest BCUT2D eigenvalue weighted by molar-refractivity contribution is -0.116. The summed E-state index contributed by atoms with van der Waals surface area (Å²) in [5.41, 5.74) is 4.77. The molecule has 6 nitrogen and oxygen atoms in total. The van der Waals surface area contributed by atoms with Crippen LogP contribution in [0.15, 0.2) is 59.8 Å². The Kier molecular flexibility index (Phi) is 4.19. The van der Waals surface area contributed by atoms with Gasteiger partial charge in [0.15, 0.2) is 11.6 Å². The normalized spacial score (nSPS) is 18.1. The van der Waals surface area contributed by atoms with Crippen LogP contribution in [0.25, 0.3) is 11.4 Å². The Morgan fingerprint density at radius 2 is 1.90 bits per heavy atom. The fraction of sp³-hybridized carbons (Fsp3) is 0.261. The van der Waals surface area contributed by atoms with E-state index in [-0.39, 0.29) is 11.8 Å². The average molecular weight is 386 g/mol. The Morgan fingerprint density at radius 3 is 2.69 bits per heavy atom. The monoisotopic (exact) mass is 386 g/mol. The van der Waals surface area contributed by atoms with E-state index >= 15 is 0 Å². The quantitative estimate of drug-likeness (QED) is 0.727. The second-order valence-electron chi connectivity index (χ2n) is 7.51. The molecule has 29 heavy (non-hydrogen) atoms. The van der Waals surface area contributed by atoms with Crippen LogP contribution in [0.5, 0.6) is 5.75 Å². The number of rotatable bonds is 3. The largest absolute Gasteiger partial charge is 0.496 e. The Labute approximate surface area is 169 Å². The van der Waals surface area contributed by atoms with Crippen LogP contribution in [0.3, 0.4) is 0 Å². The van der Waals surface area contributed by atoms with E-state index in [1.165, 1.54) is 5.56 Å². The van der Waals surface area contributed by atoms with Gasteiger partial charge in [-0.05, 0) is 25.8 Å². The number of nitrogens with zero attached hydrogens (tertiary/aromatic N) is 3. The van der Waals surface area contributed by atoms with E-state index in [0.717, 1.165) is 41.0 Å². The lowest BCUT2D eigenvalue weighted by atomic mass is 9.85. The maximum Gasteiger partial charge on any atom is 0.226 e. The first-order chi connectivity index (χ1) is 14.2. The summed E-state index contributed by atoms with van der Waals surface area (Å²) in [6, 6.07) is 15.6. The number of ether oxygens (including phenoxy) is 1. The van der Waals surface area contributed by atoms with Crippen LogP contribution < -0.4 is 10.1 Å². The molecule has 1 aliphatic carbocycles. The predicted molar refractivity (Wildman–Crippen MR) is 111 cm³/mol. The Morgan fingerprint density at radius 1 is 1.10 bits per heavy atom. The number of ketones is 1. The number of para-hydroxylation sites is 1. The zero-order chi connectivity index (χ0) is 20.0. The summed E-state index contributed by atoms with van der Waals surface area (Å²) in [5.74, 6) is 2.19. The van der Waals surface area contributed by atoms with Crippen molar-refractivity contribution in [3.63, 3.8) is 0 Å². The molecule has 0 spiro atoms. The molecule has 0 fully saturated rings. The first-order valence-corrected chi connectivity index (χ1v) is 9.85. The van der Waals surface area contributed by atoms with E-state index in [1.54, 1.807) is 7.11 Å². The van der Waals surface area contributed by atoms with Gasteiger partial charge in [0.25, 0.3) is 0 Å². The molecule has 1 aromatic heterocycles. The molecule has 6 heteroatoms. The van der Waals surface area contributed by atoms with Gasteiger partial charge < -0.3 is 10.1 Å². The number of aryl methyl sites for hydroxylation is 1. The number of carbonyl (C=O) groups is 1. The highest BCUT2D eigenvalue weighted by atomic mass is 16.5. The van der Waals surface area contributed by atoms with Crippen molar-refractivity contribution >= 4 is 11.7 Å². The first kappa shape index (κ1) is 17.7. The standard InChI is InChI=1S/C23H22N4O2/c1-14-10-12-15(13-11-14)22-25-23-24-17-7-5-8-18(28)20(17)21(27(23)26-22)16-6-3-4-9-19(16)29-2/h3-4,6,9-13,21H,5,7-8H2,1-2H3,(H,24,25,26)/t21-/m0/s1. The minimum absolute atomic E-state index is 0.160. The number of methoxy groups -OCH3 is 1. The van der Waals surface area contributed by atoms with Gasteiger partial charge in [-0.1, -0.05) is 48.0 Å². The van der Waals surface area contributed by atoms with Gasteiger partial charge in [-0.15, -0.1) is 5.10 Å². The fourth-order valence-electron chi connectivity index (χ4n) is 4.16. The number of fused-ring (bicyclic) bond motifs is 1. The minimum atomic E-state index is -0.350. The number of carbonyl (C=O) groups excluding carboxylic acids is 1. The van der Waals surface area contributed by atoms with Gasteiger partial charge in [-0.25, -0.2) is 4.68 Å². The molecule has 146 valence electrons. The number of hydrogen-bond donors (Lipinski definition) is 1. The molecule has 0 bridgehead atoms. The van der Waals surface area contributed by atoms with Crippen molar-refractivity contribution < 1.29 is 9.53 Å². The molecule has 2 heterocycles. The van der Waals surface area contributed by atoms with Crippen LogP contribution in [0.4, 0.5) is 5.95 Å². The van der Waals surface area contributed by atoms with E-state index in [0.29, 0.717) is 18.2 Å². The molecular weight excluding hydrogens is 364 g/mol. The molecule has 0 saturated heterocycles. The van der Waals surface area contributed by atoms with Gasteiger partial charge in [-0.2, -0.15) is 4.98 Å². The van der Waals surface area contributed by atoms with Gasteiger partial charge in [-0.3, -0.25) is 4.79 Å². The summed E-state index contributed by atoms with van der Waals surface area (Å²) in [6.07, 6.45) is 2.24. The van der Waals surface area contributed by atoms with Crippen molar-refractivity contribution in [2.24, 2.45) is 0 Å². The van der Waals surface area contributed by atoms with Crippen molar-refractivity contribution in [2.45, 2.75) is 32.2 Å². The predicted octanol–water partition coefficient (Wildman–Crippen LogP) is 4.28. The average Bonchev–Trinajstić information content (AvgIpc) is 3.16. The third-order valence-corrected chi connectivity index (χ3v) is 5.61. The van der Waals surface area contributed by atoms with E-state index in [9.17, 15) is 4.79 Å². The molecule has 0 unspecified atom stereocenters. The topological polar surface area (TPSA) is 69.0 Å². The number of anilines is 1. The molecule has 0 radical (unpaired) electrons. The van der Waals surface area contributed by atoms with Crippen LogP contribution in [0, 0.1) is 6.92 Å². The molecule has 1 aliphatic heterocycles. The summed E-state index contributed by atoms with van der Waals surface area (Å²) < 4.78 is 7.45. The summed E-state index contributed by atoms with van der Waals surface area (Å²) in [5, 5.41) is 8.19. The fourth-order valence-corrected chi connectivity index (χ4v) is 4.16. The molecule has 0 saturated carbocycles. The number of benzene rings is 2. The summed E-state index contributed by atoms with van der Waals surface area (Å²) in [6.45, 7) is 2.05. The van der Waals surface area contributed by atoms with E-state index in [4.69, 9.17) is 14.8 Å². The molecule has 1 N–H and O–H groups in total. The van der Waals surface area contributed by atoms with Crippen molar-refractivity contribution in [1.29, 1.82) is 0 Å². The smallest absolute Gasteiger partial charge is 0.226 e. The number of aromatic nitrogens is 3. The highest BCUT2D eigenvalue weighted by Crippen LogP contribution is 2.43. The van der Waals surface area contributed by atoms with Crippen LogP contribution in [0.2, 0.25) is 0 Å². The van der Waals surface area contributed by atoms with Gasteiger partial charge in [0.2, 0.25) is 5.95 Å². The highest BCUT2D eigenvalue weighted by Gasteiger charge is 2.38. The van der Waals surface area contributed by atoms with Crippen molar-refractivity contribution in [3.05, 3.63) is 70.9 Å². The number of Topliss-reactive ketones (excluding diaryl/α,β-unsaturated/α-hetero) is 1. The molecule has 0 amide bonds. The number of nitrogens with one attached hydrogen (secondary N) is 1. The van der Waals surface area contributed by atoms with Crippen molar-refractivity contribution in [1.82, 2.24) is 14.8 Å². The van der Waals surface area contributed by atoms with Crippen LogP contribution in [-0.4, -0.2) is 27.7 Å². The maximum atomic E-state index is 12.9. The Balaban J connectivity index is 1.70. The van der Waals surface area contributed by atoms with Crippen LogP contribution >= 0.6 is 0 Å². The molecule has 2 aliphatic rings. The highest BCUT2D eigenvalue weighted by molar-refractivity contribution is 5.99. The van der Waals surface area contributed by atoms with Crippen molar-refractivity contribution in [3.8, 4) is 17.1 Å². The Hall–Kier alpha value is -3.41. The summed E-state index contributed by atoms with van der Waals surface area (Å²) >= 11 is 0. The molecule has 2 aromatic carbocycles. The molecule has 5 rings (SSSR count). The SMILES string of the molecule is COc1ccccc1[C@H]1C2=C(CCCC2=O)Nc2nc(-c3ccc(C)cc3)nn21. The van der Waals surface area contributed by atoms with E-state index < -0.39 is 0 Å². The second kappa shape index (κ2) is 6.88. The third kappa shape index (κ3) is 2.92. The third-order valence-electron chi connectivity index (χ3n) is 5.61. The maximum absolute atomic E-state index is 12.9. The zero-order valence-corrected chi connectivity index (χ0v) is 16.5. The van der Waals surface area contributed by atoms with Gasteiger partial charge in [0.1, 0.15) is 11.8 Å². The lowest BCUT2D eigenvalue weighted by Crippen LogP contribution is -2.31. The van der Waals surface area contributed by atoms with Gasteiger partial charge >= 0.3 is 0 Å². The Bertz CT molecular complexity index is 1130. The van der Waals surface area contributed by atoms with Crippen LogP contribution in [-0.2, 0) is 4.79 Å². The van der Waals surface area contributed by atoms with E-state index in [2.05, 4.69) is 12.2 Å². The minimum Gasteiger partial charge on any atom is -0.496 e. The summed E-state index contributed by atoms with van der Waals surface area (Å²) in [7, 11) is 1.65. The zero-order valence-electron chi connectivity index (χ0n) is 16.5. The first-order valence-electron chi connectivity index (χ1n) is 9.85. The lowest BCUT2D eigenvalue weighted by Gasteiger charge is -2.32. The number of hydrogen-bond acceptors (Lipinski definition) is 5. The second-order valence-corrected chi connectivity index (χ2v) is 7.51. The summed E-state index contributed by atoms with van der Waals surface area (Å²) in [4.78, 5) is 17.7. The molecule has 3 aromatic rings. The van der Waals surface area contributed by atoms with E-state index in [1.807, 2.05) is 53.2 Å².